The molecule has 0 aromatic heterocycles. The molecular formula is C14H27N3OS2. The van der Waals surface area contributed by atoms with Crippen molar-refractivity contribution in [2.45, 2.75) is 18.1 Å². The van der Waals surface area contributed by atoms with Gasteiger partial charge in [-0.1, -0.05) is 0 Å². The van der Waals surface area contributed by atoms with Crippen molar-refractivity contribution in [1.82, 2.24) is 14.7 Å². The van der Waals surface area contributed by atoms with Crippen molar-refractivity contribution in [3.63, 3.8) is 0 Å². The van der Waals surface area contributed by atoms with Gasteiger partial charge in [0.05, 0.1) is 0 Å². The molecule has 3 aliphatic rings. The van der Waals surface area contributed by atoms with Crippen molar-refractivity contribution in [2.24, 2.45) is 5.92 Å². The van der Waals surface area contributed by atoms with Crippen LogP contribution < -0.4 is 0 Å². The van der Waals surface area contributed by atoms with Crippen LogP contribution >= 0.6 is 11.8 Å². The summed E-state index contributed by atoms with van der Waals surface area (Å²) in [7, 11) is 2.25. The normalized spacial score (nSPS) is 37.8. The van der Waals surface area contributed by atoms with E-state index in [1.807, 2.05) is 0 Å². The van der Waals surface area contributed by atoms with E-state index in [-0.39, 0.29) is 0 Å². The maximum Gasteiger partial charge on any atom is 0.159 e. The fourth-order valence-electron chi connectivity index (χ4n) is 3.62. The second-order valence-electron chi connectivity index (χ2n) is 6.57. The number of nitrogens with zero attached hydrogens (tertiary/aromatic N) is 3. The van der Waals surface area contributed by atoms with Crippen molar-refractivity contribution in [2.75, 3.05) is 63.8 Å². The minimum Gasteiger partial charge on any atom is -0.615 e. The molecule has 0 radical (unpaired) electrons. The summed E-state index contributed by atoms with van der Waals surface area (Å²) in [4.78, 5) is 7.52. The Labute approximate surface area is 130 Å². The molecule has 3 heterocycles. The smallest absolute Gasteiger partial charge is 0.159 e. The topological polar surface area (TPSA) is 32.8 Å². The highest BCUT2D eigenvalue weighted by Gasteiger charge is 2.31. The lowest BCUT2D eigenvalue weighted by atomic mass is 9.98. The fourth-order valence-corrected chi connectivity index (χ4v) is 6.12. The molecule has 0 N–H and O–H groups in total. The predicted molar refractivity (Wildman–Crippen MR) is 87.5 cm³/mol. The number of hydrogen-bond donors (Lipinski definition) is 0. The van der Waals surface area contributed by atoms with Crippen LogP contribution in [0.15, 0.2) is 0 Å². The zero-order chi connectivity index (χ0) is 13.9. The number of hydrogen-bond acceptors (Lipinski definition) is 5. The molecule has 0 spiro atoms. The summed E-state index contributed by atoms with van der Waals surface area (Å²) < 4.78 is 11.4. The van der Waals surface area contributed by atoms with Crippen LogP contribution in [-0.2, 0) is 11.2 Å². The maximum atomic E-state index is 11.4. The second kappa shape index (κ2) is 7.20. The van der Waals surface area contributed by atoms with Crippen molar-refractivity contribution in [1.29, 1.82) is 0 Å². The average Bonchev–Trinajstić information content (AvgIpc) is 3.00. The molecule has 3 rings (SSSR count). The second-order valence-corrected chi connectivity index (χ2v) is 9.38. The van der Waals surface area contributed by atoms with E-state index in [2.05, 4.69) is 33.5 Å². The molecule has 0 aromatic rings. The Balaban J connectivity index is 1.38. The van der Waals surface area contributed by atoms with Crippen molar-refractivity contribution in [3.8, 4) is 0 Å². The molecular weight excluding hydrogens is 290 g/mol. The lowest BCUT2D eigenvalue weighted by Crippen LogP contribution is -2.39. The van der Waals surface area contributed by atoms with Gasteiger partial charge in [-0.2, -0.15) is 0 Å². The summed E-state index contributed by atoms with van der Waals surface area (Å²) in [6, 6.07) is 0. The zero-order valence-electron chi connectivity index (χ0n) is 12.5. The Kier molecular flexibility index (Phi) is 5.56. The lowest BCUT2D eigenvalue weighted by molar-refractivity contribution is 0.166. The molecule has 3 atom stereocenters. The van der Waals surface area contributed by atoms with E-state index in [0.717, 1.165) is 35.9 Å². The molecule has 20 heavy (non-hydrogen) atoms. The fraction of sp³-hybridized carbons (Fsp3) is 1.00. The van der Waals surface area contributed by atoms with E-state index >= 15 is 0 Å². The molecule has 3 fully saturated rings. The first-order valence-corrected chi connectivity index (χ1v) is 10.3. The van der Waals surface area contributed by atoms with Gasteiger partial charge in [0.25, 0.3) is 0 Å². The van der Waals surface area contributed by atoms with Crippen LogP contribution in [0, 0.1) is 5.92 Å². The van der Waals surface area contributed by atoms with E-state index in [1.54, 1.807) is 0 Å². The molecule has 0 aliphatic carbocycles. The number of likely N-dealkylation sites (tertiary alicyclic amines) is 1. The van der Waals surface area contributed by atoms with Crippen molar-refractivity contribution < 1.29 is 4.55 Å². The Morgan fingerprint density at radius 1 is 1.20 bits per heavy atom. The summed E-state index contributed by atoms with van der Waals surface area (Å²) in [5.74, 6) is 3.76. The van der Waals surface area contributed by atoms with Crippen LogP contribution in [0.3, 0.4) is 0 Å². The molecule has 3 unspecified atom stereocenters. The minimum absolute atomic E-state index is 0.574. The first-order chi connectivity index (χ1) is 9.69. The molecule has 0 aromatic carbocycles. The quantitative estimate of drug-likeness (QED) is 0.714. The highest BCUT2D eigenvalue weighted by molar-refractivity contribution is 8.00. The summed E-state index contributed by atoms with van der Waals surface area (Å²) in [5, 5.41) is 0.728. The summed E-state index contributed by atoms with van der Waals surface area (Å²) in [6.45, 7) is 7.24. The highest BCUT2D eigenvalue weighted by atomic mass is 32.2. The molecule has 0 saturated carbocycles. The number of rotatable bonds is 4. The standard InChI is InChI=1S/C14H27N3OS2/c1-15-4-2-3-13(7-15)8-17-10-14(19-11-17)9-16-5-6-20(18)12-16/h13-14H,2-12H2,1H3. The van der Waals surface area contributed by atoms with E-state index in [1.165, 1.54) is 44.9 Å². The SMILES string of the molecule is CN1CCCC(CN2CSC(CN3CC[S+]([O-])C3)C2)C1. The van der Waals surface area contributed by atoms with Gasteiger partial charge >= 0.3 is 0 Å². The maximum absolute atomic E-state index is 11.4. The van der Waals surface area contributed by atoms with Crippen LogP contribution in [-0.4, -0.2) is 88.3 Å². The van der Waals surface area contributed by atoms with Crippen LogP contribution in [0.5, 0.6) is 0 Å². The van der Waals surface area contributed by atoms with Crippen LogP contribution in [0.25, 0.3) is 0 Å². The minimum atomic E-state index is -0.574. The third-order valence-corrected chi connectivity index (χ3v) is 7.19. The zero-order valence-corrected chi connectivity index (χ0v) is 14.1. The van der Waals surface area contributed by atoms with E-state index < -0.39 is 11.2 Å². The third kappa shape index (κ3) is 4.27. The van der Waals surface area contributed by atoms with Crippen molar-refractivity contribution >= 4 is 22.9 Å². The van der Waals surface area contributed by atoms with Crippen LogP contribution in [0.1, 0.15) is 12.8 Å². The van der Waals surface area contributed by atoms with E-state index in [4.69, 9.17) is 0 Å². The van der Waals surface area contributed by atoms with Gasteiger partial charge in [-0.15, -0.1) is 11.8 Å². The molecule has 6 heteroatoms. The van der Waals surface area contributed by atoms with E-state index in [0.29, 0.717) is 0 Å². The van der Waals surface area contributed by atoms with Gasteiger partial charge in [0.2, 0.25) is 0 Å². The molecule has 0 bridgehead atoms. The van der Waals surface area contributed by atoms with E-state index in [9.17, 15) is 4.55 Å². The lowest BCUT2D eigenvalue weighted by Gasteiger charge is -2.32. The Morgan fingerprint density at radius 3 is 2.85 bits per heavy atom. The Hall–Kier alpha value is 0.540. The van der Waals surface area contributed by atoms with Gasteiger partial charge in [-0.3, -0.25) is 9.80 Å². The van der Waals surface area contributed by atoms with Gasteiger partial charge in [-0.05, 0) is 43.5 Å². The first kappa shape index (κ1) is 15.4. The average molecular weight is 318 g/mol. The summed E-state index contributed by atoms with van der Waals surface area (Å²) in [5.41, 5.74) is 0. The van der Waals surface area contributed by atoms with Crippen LogP contribution in [0.4, 0.5) is 0 Å². The van der Waals surface area contributed by atoms with Crippen LogP contribution in [0.2, 0.25) is 0 Å². The monoisotopic (exact) mass is 317 g/mol. The van der Waals surface area contributed by atoms with Crippen molar-refractivity contribution in [3.05, 3.63) is 0 Å². The molecule has 3 saturated heterocycles. The number of piperidine rings is 1. The van der Waals surface area contributed by atoms with Gasteiger partial charge in [-0.25, -0.2) is 0 Å². The first-order valence-electron chi connectivity index (χ1n) is 7.79. The van der Waals surface area contributed by atoms with Gasteiger partial charge < -0.3 is 9.45 Å². The Morgan fingerprint density at radius 2 is 2.10 bits per heavy atom. The molecule has 4 nitrogen and oxygen atoms in total. The largest absolute Gasteiger partial charge is 0.615 e. The highest BCUT2D eigenvalue weighted by Crippen LogP contribution is 2.27. The van der Waals surface area contributed by atoms with Gasteiger partial charge in [0, 0.05) is 43.9 Å². The van der Waals surface area contributed by atoms with Gasteiger partial charge in [0.1, 0.15) is 5.75 Å². The third-order valence-electron chi connectivity index (χ3n) is 4.62. The molecule has 116 valence electrons. The summed E-state index contributed by atoms with van der Waals surface area (Å²) in [6.07, 6.45) is 2.77. The molecule has 0 amide bonds. The Bertz CT molecular complexity index is 321. The molecule has 3 aliphatic heterocycles. The summed E-state index contributed by atoms with van der Waals surface area (Å²) >= 11 is 1.53. The number of thioether (sulfide) groups is 1. The van der Waals surface area contributed by atoms with Gasteiger partial charge in [0.15, 0.2) is 5.88 Å². The predicted octanol–water partition coefficient (Wildman–Crippen LogP) is 0.725.